The van der Waals surface area contributed by atoms with Crippen LogP contribution in [0.15, 0.2) is 47.0 Å². The lowest BCUT2D eigenvalue weighted by atomic mass is 9.98. The Balaban J connectivity index is 2.24. The summed E-state index contributed by atoms with van der Waals surface area (Å²) in [5, 5.41) is 15.2. The first-order chi connectivity index (χ1) is 9.31. The van der Waals surface area contributed by atoms with E-state index in [0.717, 1.165) is 40.6 Å². The highest BCUT2D eigenvalue weighted by atomic mass is 16.5. The lowest BCUT2D eigenvalue weighted by Crippen LogP contribution is -1.91. The largest absolute Gasteiger partial charge is 0.508 e. The van der Waals surface area contributed by atoms with Gasteiger partial charge in [0.1, 0.15) is 11.4 Å². The Morgan fingerprint density at radius 2 is 1.95 bits per heavy atom. The summed E-state index contributed by atoms with van der Waals surface area (Å²) in [6.07, 6.45) is 1.80. The van der Waals surface area contributed by atoms with Crippen LogP contribution < -0.4 is 0 Å². The van der Waals surface area contributed by atoms with Crippen molar-refractivity contribution in [2.75, 3.05) is 0 Å². The van der Waals surface area contributed by atoms with Crippen molar-refractivity contribution in [1.29, 1.82) is 0 Å². The minimum absolute atomic E-state index is 0.325. The number of rotatable bonds is 3. The van der Waals surface area contributed by atoms with Crippen molar-refractivity contribution in [3.05, 3.63) is 48.0 Å². The summed E-state index contributed by atoms with van der Waals surface area (Å²) in [6.45, 7) is 2.09. The standard InChI is InChI=1S/C16H15NO2/c1-2-6-11-12(8-5-9-14(11)18)16-13-7-3-4-10-15(13)19-17-16/h3-5,7-10,18H,2,6H2,1H3. The Bertz CT molecular complexity index is 716. The van der Waals surface area contributed by atoms with Crippen LogP contribution in [-0.2, 0) is 6.42 Å². The number of phenols is 1. The number of aromatic hydroxyl groups is 1. The Labute approximate surface area is 111 Å². The molecule has 0 unspecified atom stereocenters. The average molecular weight is 253 g/mol. The number of para-hydroxylation sites is 1. The van der Waals surface area contributed by atoms with Gasteiger partial charge in [0.25, 0.3) is 0 Å². The lowest BCUT2D eigenvalue weighted by molar-refractivity contribution is 0.458. The van der Waals surface area contributed by atoms with Crippen molar-refractivity contribution in [2.24, 2.45) is 0 Å². The maximum absolute atomic E-state index is 10.0. The van der Waals surface area contributed by atoms with E-state index in [1.165, 1.54) is 0 Å². The fourth-order valence-corrected chi connectivity index (χ4v) is 2.39. The third kappa shape index (κ3) is 1.97. The van der Waals surface area contributed by atoms with Gasteiger partial charge < -0.3 is 9.63 Å². The van der Waals surface area contributed by atoms with Crippen LogP contribution in [0.5, 0.6) is 5.75 Å². The monoisotopic (exact) mass is 253 g/mol. The summed E-state index contributed by atoms with van der Waals surface area (Å²) in [5.41, 5.74) is 3.45. The van der Waals surface area contributed by atoms with Gasteiger partial charge in [-0.05, 0) is 24.6 Å². The molecule has 0 saturated carbocycles. The van der Waals surface area contributed by atoms with Gasteiger partial charge in [-0.3, -0.25) is 0 Å². The summed E-state index contributed by atoms with van der Waals surface area (Å²) >= 11 is 0. The molecule has 0 atom stereocenters. The highest BCUT2D eigenvalue weighted by Gasteiger charge is 2.15. The molecule has 0 aliphatic rings. The molecule has 3 rings (SSSR count). The number of hydrogen-bond donors (Lipinski definition) is 1. The van der Waals surface area contributed by atoms with E-state index in [4.69, 9.17) is 4.52 Å². The maximum atomic E-state index is 10.0. The number of benzene rings is 2. The summed E-state index contributed by atoms with van der Waals surface area (Å²) in [5.74, 6) is 0.325. The molecule has 3 heteroatoms. The highest BCUT2D eigenvalue weighted by molar-refractivity contribution is 5.92. The Morgan fingerprint density at radius 1 is 1.11 bits per heavy atom. The molecule has 2 aromatic carbocycles. The Kier molecular flexibility index (Phi) is 2.95. The SMILES string of the molecule is CCCc1c(O)cccc1-c1noc2ccccc12. The van der Waals surface area contributed by atoms with Crippen molar-refractivity contribution < 1.29 is 9.63 Å². The zero-order chi connectivity index (χ0) is 13.2. The van der Waals surface area contributed by atoms with Crippen molar-refractivity contribution >= 4 is 11.0 Å². The molecule has 0 radical (unpaired) electrons. The molecule has 0 amide bonds. The topological polar surface area (TPSA) is 46.3 Å². The number of aromatic nitrogens is 1. The molecule has 96 valence electrons. The predicted octanol–water partition coefficient (Wildman–Crippen LogP) is 4.15. The Hall–Kier alpha value is -2.29. The second kappa shape index (κ2) is 4.76. The van der Waals surface area contributed by atoms with Crippen LogP contribution in [0.2, 0.25) is 0 Å². The molecule has 19 heavy (non-hydrogen) atoms. The number of hydrogen-bond acceptors (Lipinski definition) is 3. The molecule has 0 aliphatic heterocycles. The van der Waals surface area contributed by atoms with Gasteiger partial charge in [-0.1, -0.05) is 42.8 Å². The van der Waals surface area contributed by atoms with E-state index < -0.39 is 0 Å². The quantitative estimate of drug-likeness (QED) is 0.762. The molecular weight excluding hydrogens is 238 g/mol. The van der Waals surface area contributed by atoms with Crippen LogP contribution in [0.3, 0.4) is 0 Å². The second-order valence-electron chi connectivity index (χ2n) is 4.58. The fourth-order valence-electron chi connectivity index (χ4n) is 2.39. The minimum atomic E-state index is 0.325. The summed E-state index contributed by atoms with van der Waals surface area (Å²) in [7, 11) is 0. The van der Waals surface area contributed by atoms with Gasteiger partial charge in [0.15, 0.2) is 5.58 Å². The first kappa shape index (κ1) is 11.8. The van der Waals surface area contributed by atoms with Crippen LogP contribution in [-0.4, -0.2) is 10.3 Å². The molecule has 3 aromatic rings. The number of nitrogens with zero attached hydrogens (tertiary/aromatic N) is 1. The van der Waals surface area contributed by atoms with Crippen LogP contribution in [0, 0.1) is 0 Å². The van der Waals surface area contributed by atoms with Crippen molar-refractivity contribution in [2.45, 2.75) is 19.8 Å². The fraction of sp³-hybridized carbons (Fsp3) is 0.188. The van der Waals surface area contributed by atoms with E-state index in [0.29, 0.717) is 5.75 Å². The molecule has 0 fully saturated rings. The smallest absolute Gasteiger partial charge is 0.167 e. The van der Waals surface area contributed by atoms with Gasteiger partial charge >= 0.3 is 0 Å². The summed E-state index contributed by atoms with van der Waals surface area (Å²) in [6, 6.07) is 13.3. The van der Waals surface area contributed by atoms with Crippen LogP contribution in [0.4, 0.5) is 0 Å². The van der Waals surface area contributed by atoms with E-state index in [1.54, 1.807) is 6.07 Å². The third-order valence-electron chi connectivity index (χ3n) is 3.28. The molecular formula is C16H15NO2. The molecule has 1 aromatic heterocycles. The van der Waals surface area contributed by atoms with Gasteiger partial charge in [-0.15, -0.1) is 0 Å². The Morgan fingerprint density at radius 3 is 2.79 bits per heavy atom. The zero-order valence-electron chi connectivity index (χ0n) is 10.8. The zero-order valence-corrected chi connectivity index (χ0v) is 10.8. The van der Waals surface area contributed by atoms with E-state index in [-0.39, 0.29) is 0 Å². The van der Waals surface area contributed by atoms with Crippen molar-refractivity contribution in [1.82, 2.24) is 5.16 Å². The first-order valence-corrected chi connectivity index (χ1v) is 6.47. The van der Waals surface area contributed by atoms with Crippen LogP contribution in [0.1, 0.15) is 18.9 Å². The summed E-state index contributed by atoms with van der Waals surface area (Å²) in [4.78, 5) is 0. The average Bonchev–Trinajstić information content (AvgIpc) is 2.85. The van der Waals surface area contributed by atoms with E-state index >= 15 is 0 Å². The number of phenolic OH excluding ortho intramolecular Hbond substituents is 1. The van der Waals surface area contributed by atoms with Gasteiger partial charge in [0.05, 0.1) is 0 Å². The van der Waals surface area contributed by atoms with Gasteiger partial charge in [0.2, 0.25) is 0 Å². The van der Waals surface area contributed by atoms with E-state index in [1.807, 2.05) is 36.4 Å². The van der Waals surface area contributed by atoms with Gasteiger partial charge in [-0.25, -0.2) is 0 Å². The molecule has 0 saturated heterocycles. The molecule has 0 spiro atoms. The molecule has 0 aliphatic carbocycles. The summed E-state index contributed by atoms with van der Waals surface area (Å²) < 4.78 is 5.34. The molecule has 0 bridgehead atoms. The number of fused-ring (bicyclic) bond motifs is 1. The predicted molar refractivity (Wildman–Crippen MR) is 75.1 cm³/mol. The second-order valence-corrected chi connectivity index (χ2v) is 4.58. The third-order valence-corrected chi connectivity index (χ3v) is 3.28. The lowest BCUT2D eigenvalue weighted by Gasteiger charge is -2.08. The van der Waals surface area contributed by atoms with Gasteiger partial charge in [-0.2, -0.15) is 0 Å². The molecule has 3 nitrogen and oxygen atoms in total. The van der Waals surface area contributed by atoms with Crippen molar-refractivity contribution in [3.8, 4) is 17.0 Å². The van der Waals surface area contributed by atoms with Crippen molar-refractivity contribution in [3.63, 3.8) is 0 Å². The maximum Gasteiger partial charge on any atom is 0.167 e. The minimum Gasteiger partial charge on any atom is -0.508 e. The van der Waals surface area contributed by atoms with Gasteiger partial charge in [0, 0.05) is 16.5 Å². The van der Waals surface area contributed by atoms with E-state index in [9.17, 15) is 5.11 Å². The van der Waals surface area contributed by atoms with Crippen LogP contribution >= 0.6 is 0 Å². The van der Waals surface area contributed by atoms with E-state index in [2.05, 4.69) is 12.1 Å². The first-order valence-electron chi connectivity index (χ1n) is 6.47. The van der Waals surface area contributed by atoms with Crippen LogP contribution in [0.25, 0.3) is 22.2 Å². The molecule has 1 heterocycles. The highest BCUT2D eigenvalue weighted by Crippen LogP contribution is 2.34. The normalized spacial score (nSPS) is 11.0. The molecule has 1 N–H and O–H groups in total.